The molecule has 0 radical (unpaired) electrons. The van der Waals surface area contributed by atoms with E-state index in [-0.39, 0.29) is 6.04 Å². The minimum Gasteiger partial charge on any atom is -0.486 e. The van der Waals surface area contributed by atoms with Crippen LogP contribution in [-0.4, -0.2) is 33.7 Å². The summed E-state index contributed by atoms with van der Waals surface area (Å²) >= 11 is 0. The normalized spacial score (nSPS) is 34.8. The molecule has 0 aromatic heterocycles. The van der Waals surface area contributed by atoms with Crippen LogP contribution in [0.2, 0.25) is 0 Å². The highest BCUT2D eigenvalue weighted by atomic mass is 16.5. The molecule has 1 saturated heterocycles. The first-order valence-electron chi connectivity index (χ1n) is 8.56. The van der Waals surface area contributed by atoms with E-state index >= 15 is 0 Å². The Morgan fingerprint density at radius 2 is 1.82 bits per heavy atom. The minimum atomic E-state index is -0.498. The van der Waals surface area contributed by atoms with E-state index in [1.807, 2.05) is 12.1 Å². The Hall–Kier alpha value is -1.06. The van der Waals surface area contributed by atoms with E-state index in [1.165, 1.54) is 24.8 Å². The summed E-state index contributed by atoms with van der Waals surface area (Å²) in [6.07, 6.45) is 3.18. The molecule has 0 bridgehead atoms. The molecular formula is C19H29NO2. The van der Waals surface area contributed by atoms with Crippen LogP contribution in [0.15, 0.2) is 18.2 Å². The molecular weight excluding hydrogens is 274 g/mol. The summed E-state index contributed by atoms with van der Waals surface area (Å²) in [5.74, 6) is 0.830. The van der Waals surface area contributed by atoms with E-state index in [2.05, 4.69) is 45.6 Å². The summed E-state index contributed by atoms with van der Waals surface area (Å²) in [7, 11) is 0. The molecule has 0 aliphatic carbocycles. The Bertz CT molecular complexity index is 544. The first kappa shape index (κ1) is 15.8. The summed E-state index contributed by atoms with van der Waals surface area (Å²) < 4.78 is 6.31. The van der Waals surface area contributed by atoms with Crippen molar-refractivity contribution in [3.05, 3.63) is 29.3 Å². The number of aliphatic hydroxyl groups is 1. The first-order valence-corrected chi connectivity index (χ1v) is 8.56. The fraction of sp³-hybridized carbons (Fsp3) is 0.684. The third-order valence-corrected chi connectivity index (χ3v) is 5.45. The van der Waals surface area contributed by atoms with Crippen LogP contribution in [0.3, 0.4) is 0 Å². The summed E-state index contributed by atoms with van der Waals surface area (Å²) in [5, 5.41) is 11.1. The molecule has 3 rings (SSSR count). The summed E-state index contributed by atoms with van der Waals surface area (Å²) in [5.41, 5.74) is 1.70. The number of hydrogen-bond acceptors (Lipinski definition) is 3. The van der Waals surface area contributed by atoms with Crippen LogP contribution >= 0.6 is 0 Å². The lowest BCUT2D eigenvalue weighted by molar-refractivity contribution is -0.115. The predicted octanol–water partition coefficient (Wildman–Crippen LogP) is 3.83. The van der Waals surface area contributed by atoms with Gasteiger partial charge in [-0.1, -0.05) is 18.1 Å². The molecule has 122 valence electrons. The fourth-order valence-electron chi connectivity index (χ4n) is 4.40. The van der Waals surface area contributed by atoms with Crippen molar-refractivity contribution in [1.29, 1.82) is 0 Å². The highest BCUT2D eigenvalue weighted by molar-refractivity contribution is 5.42. The molecule has 1 N–H and O–H groups in total. The maximum absolute atomic E-state index is 11.1. The highest BCUT2D eigenvalue weighted by Crippen LogP contribution is 2.44. The van der Waals surface area contributed by atoms with Gasteiger partial charge in [-0.2, -0.15) is 0 Å². The zero-order chi connectivity index (χ0) is 16.1. The van der Waals surface area contributed by atoms with Crippen LogP contribution in [0.25, 0.3) is 0 Å². The number of ether oxygens (including phenoxy) is 1. The van der Waals surface area contributed by atoms with Gasteiger partial charge in [-0.05, 0) is 59.6 Å². The monoisotopic (exact) mass is 303 g/mol. The molecule has 4 atom stereocenters. The largest absolute Gasteiger partial charge is 0.486 e. The molecule has 1 aromatic carbocycles. The standard InChI is InChI=1S/C19H29NO2/c1-12-9-10-16-15(11-12)17(21)18(19(4,5)22-16)20-13(2)7-6-8-14(20)3/h9-11,13-14,17-18,21H,6-8H2,1-5H3. The summed E-state index contributed by atoms with van der Waals surface area (Å²) in [4.78, 5) is 2.50. The Labute approximate surface area is 134 Å². The molecule has 4 unspecified atom stereocenters. The quantitative estimate of drug-likeness (QED) is 0.856. The Morgan fingerprint density at radius 3 is 2.45 bits per heavy atom. The molecule has 2 aliphatic rings. The van der Waals surface area contributed by atoms with Crippen molar-refractivity contribution < 1.29 is 9.84 Å². The summed E-state index contributed by atoms with van der Waals surface area (Å²) in [6.45, 7) is 10.8. The van der Waals surface area contributed by atoms with Gasteiger partial charge in [0, 0.05) is 17.6 Å². The van der Waals surface area contributed by atoms with Crippen LogP contribution in [0.1, 0.15) is 64.2 Å². The maximum Gasteiger partial charge on any atom is 0.126 e. The molecule has 3 heteroatoms. The van der Waals surface area contributed by atoms with E-state index in [4.69, 9.17) is 4.74 Å². The van der Waals surface area contributed by atoms with Gasteiger partial charge in [-0.25, -0.2) is 0 Å². The van der Waals surface area contributed by atoms with Gasteiger partial charge in [0.05, 0.1) is 6.04 Å². The van der Waals surface area contributed by atoms with E-state index in [0.29, 0.717) is 12.1 Å². The van der Waals surface area contributed by atoms with Crippen molar-refractivity contribution in [1.82, 2.24) is 4.90 Å². The van der Waals surface area contributed by atoms with E-state index in [1.54, 1.807) is 0 Å². The van der Waals surface area contributed by atoms with Crippen molar-refractivity contribution in [2.45, 2.75) is 83.7 Å². The predicted molar refractivity (Wildman–Crippen MR) is 89.2 cm³/mol. The number of aryl methyl sites for hydroxylation is 1. The smallest absolute Gasteiger partial charge is 0.126 e. The van der Waals surface area contributed by atoms with Crippen molar-refractivity contribution in [3.8, 4) is 5.75 Å². The van der Waals surface area contributed by atoms with Gasteiger partial charge in [-0.15, -0.1) is 0 Å². The van der Waals surface area contributed by atoms with Crippen molar-refractivity contribution in [2.24, 2.45) is 0 Å². The molecule has 1 aromatic rings. The number of hydrogen-bond donors (Lipinski definition) is 1. The van der Waals surface area contributed by atoms with E-state index < -0.39 is 11.7 Å². The van der Waals surface area contributed by atoms with Gasteiger partial charge in [0.25, 0.3) is 0 Å². The summed E-state index contributed by atoms with van der Waals surface area (Å²) in [6, 6.07) is 7.08. The van der Waals surface area contributed by atoms with Crippen LogP contribution in [0.4, 0.5) is 0 Å². The number of likely N-dealkylation sites (tertiary alicyclic amines) is 1. The average Bonchev–Trinajstić information content (AvgIpc) is 2.42. The third kappa shape index (κ3) is 2.55. The van der Waals surface area contributed by atoms with Gasteiger partial charge in [0.2, 0.25) is 0 Å². The van der Waals surface area contributed by atoms with Gasteiger partial charge >= 0.3 is 0 Å². The Kier molecular flexibility index (Phi) is 3.98. The van der Waals surface area contributed by atoms with Gasteiger partial charge in [0.1, 0.15) is 17.5 Å². The molecule has 2 heterocycles. The second kappa shape index (κ2) is 5.54. The van der Waals surface area contributed by atoms with Gasteiger partial charge in [-0.3, -0.25) is 4.90 Å². The van der Waals surface area contributed by atoms with Crippen LogP contribution in [0.5, 0.6) is 5.75 Å². The number of nitrogens with zero attached hydrogens (tertiary/aromatic N) is 1. The topological polar surface area (TPSA) is 32.7 Å². The van der Waals surface area contributed by atoms with Crippen LogP contribution < -0.4 is 4.74 Å². The first-order chi connectivity index (χ1) is 10.3. The van der Waals surface area contributed by atoms with Crippen LogP contribution in [0, 0.1) is 6.92 Å². The lowest BCUT2D eigenvalue weighted by atomic mass is 9.81. The lowest BCUT2D eigenvalue weighted by Gasteiger charge is -2.53. The van der Waals surface area contributed by atoms with Crippen LogP contribution in [-0.2, 0) is 0 Å². The highest BCUT2D eigenvalue weighted by Gasteiger charge is 2.49. The van der Waals surface area contributed by atoms with E-state index in [9.17, 15) is 5.11 Å². The number of benzene rings is 1. The molecule has 0 spiro atoms. The third-order valence-electron chi connectivity index (χ3n) is 5.45. The lowest BCUT2D eigenvalue weighted by Crippen LogP contribution is -2.63. The number of aliphatic hydroxyl groups excluding tert-OH is 1. The zero-order valence-corrected chi connectivity index (χ0v) is 14.5. The fourth-order valence-corrected chi connectivity index (χ4v) is 4.40. The zero-order valence-electron chi connectivity index (χ0n) is 14.5. The molecule has 2 aliphatic heterocycles. The molecule has 0 saturated carbocycles. The molecule has 3 nitrogen and oxygen atoms in total. The Balaban J connectivity index is 2.03. The maximum atomic E-state index is 11.1. The molecule has 22 heavy (non-hydrogen) atoms. The second-order valence-corrected chi connectivity index (χ2v) is 7.71. The van der Waals surface area contributed by atoms with Crippen molar-refractivity contribution >= 4 is 0 Å². The average molecular weight is 303 g/mol. The minimum absolute atomic E-state index is 0.00731. The van der Waals surface area contributed by atoms with Crippen molar-refractivity contribution in [2.75, 3.05) is 0 Å². The number of rotatable bonds is 1. The Morgan fingerprint density at radius 1 is 1.18 bits per heavy atom. The SMILES string of the molecule is Cc1ccc2c(c1)C(O)C(N1C(C)CCCC1C)C(C)(C)O2. The second-order valence-electron chi connectivity index (χ2n) is 7.71. The van der Waals surface area contributed by atoms with Gasteiger partial charge in [0.15, 0.2) is 0 Å². The molecule has 1 fully saturated rings. The van der Waals surface area contributed by atoms with E-state index in [0.717, 1.165) is 11.3 Å². The molecule has 0 amide bonds. The van der Waals surface area contributed by atoms with Gasteiger partial charge < -0.3 is 9.84 Å². The number of piperidine rings is 1. The number of fused-ring (bicyclic) bond motifs is 1. The van der Waals surface area contributed by atoms with Crippen molar-refractivity contribution in [3.63, 3.8) is 0 Å².